The van der Waals surface area contributed by atoms with Crippen molar-refractivity contribution < 1.29 is 9.47 Å². The molecule has 0 aliphatic heterocycles. The zero-order chi connectivity index (χ0) is 20.4. The maximum absolute atomic E-state index is 6.04. The van der Waals surface area contributed by atoms with Gasteiger partial charge < -0.3 is 9.47 Å². The van der Waals surface area contributed by atoms with Crippen molar-refractivity contribution in [1.82, 2.24) is 29.7 Å². The smallest absolute Gasteiger partial charge is 0.237 e. The average molecular weight is 409 g/mol. The number of benzene rings is 1. The lowest BCUT2D eigenvalue weighted by Gasteiger charge is -2.10. The molecule has 3 aromatic heterocycles. The van der Waals surface area contributed by atoms with Gasteiger partial charge in [0, 0.05) is 11.1 Å². The molecule has 3 heterocycles. The molecule has 9 heteroatoms. The van der Waals surface area contributed by atoms with Gasteiger partial charge in [0.1, 0.15) is 17.3 Å². The van der Waals surface area contributed by atoms with Gasteiger partial charge in [0.05, 0.1) is 31.4 Å². The van der Waals surface area contributed by atoms with E-state index in [2.05, 4.69) is 25.1 Å². The van der Waals surface area contributed by atoms with Crippen LogP contribution in [0.1, 0.15) is 11.4 Å². The lowest BCUT2D eigenvalue weighted by atomic mass is 10.2. The van der Waals surface area contributed by atoms with Crippen LogP contribution in [0.3, 0.4) is 0 Å². The second-order valence-corrected chi connectivity index (χ2v) is 6.65. The van der Waals surface area contributed by atoms with Gasteiger partial charge in [0.2, 0.25) is 11.8 Å². The standard InChI is InChI=1S/C20H17ClN6O2/c1-12-4-5-14(21)8-17(12)29-19-11-22-16(10-24-19)20-26-25-13(2)27(20)15-6-7-18(28-3)23-9-15/h4-11H,1-3H3. The van der Waals surface area contributed by atoms with Gasteiger partial charge >= 0.3 is 0 Å². The lowest BCUT2D eigenvalue weighted by molar-refractivity contribution is 0.398. The minimum absolute atomic E-state index is 0.355. The number of aromatic nitrogens is 6. The highest BCUT2D eigenvalue weighted by atomic mass is 35.5. The normalized spacial score (nSPS) is 10.8. The van der Waals surface area contributed by atoms with Crippen molar-refractivity contribution >= 4 is 11.6 Å². The third-order valence-corrected chi connectivity index (χ3v) is 4.47. The number of hydrogen-bond donors (Lipinski definition) is 0. The van der Waals surface area contributed by atoms with Crippen LogP contribution in [0.5, 0.6) is 17.5 Å². The molecule has 146 valence electrons. The van der Waals surface area contributed by atoms with E-state index in [1.54, 1.807) is 31.6 Å². The molecule has 0 aliphatic rings. The third kappa shape index (κ3) is 3.88. The van der Waals surface area contributed by atoms with Crippen molar-refractivity contribution in [1.29, 1.82) is 0 Å². The van der Waals surface area contributed by atoms with Crippen LogP contribution in [0.25, 0.3) is 17.2 Å². The Morgan fingerprint density at radius 2 is 1.72 bits per heavy atom. The van der Waals surface area contributed by atoms with Crippen LogP contribution < -0.4 is 9.47 Å². The number of nitrogens with zero attached hydrogens (tertiary/aromatic N) is 6. The quantitative estimate of drug-likeness (QED) is 0.489. The van der Waals surface area contributed by atoms with E-state index in [1.165, 1.54) is 6.20 Å². The first kappa shape index (κ1) is 18.8. The minimum Gasteiger partial charge on any atom is -0.481 e. The third-order valence-electron chi connectivity index (χ3n) is 4.23. The molecule has 0 fully saturated rings. The van der Waals surface area contributed by atoms with Crippen molar-refractivity contribution in [2.75, 3.05) is 7.11 Å². The van der Waals surface area contributed by atoms with Crippen LogP contribution in [0.2, 0.25) is 5.02 Å². The van der Waals surface area contributed by atoms with Crippen molar-refractivity contribution in [3.63, 3.8) is 0 Å². The highest BCUT2D eigenvalue weighted by Crippen LogP contribution is 2.27. The SMILES string of the molecule is COc1ccc(-n2c(C)nnc2-c2cnc(Oc3cc(Cl)ccc3C)cn2)cn1. The van der Waals surface area contributed by atoms with Crippen molar-refractivity contribution in [2.24, 2.45) is 0 Å². The first-order chi connectivity index (χ1) is 14.0. The summed E-state index contributed by atoms with van der Waals surface area (Å²) in [6.45, 7) is 3.79. The largest absolute Gasteiger partial charge is 0.481 e. The van der Waals surface area contributed by atoms with Crippen molar-refractivity contribution in [3.8, 4) is 34.7 Å². The summed E-state index contributed by atoms with van der Waals surface area (Å²) in [7, 11) is 1.57. The molecule has 1 aromatic carbocycles. The Labute approximate surface area is 172 Å². The zero-order valence-corrected chi connectivity index (χ0v) is 16.8. The Balaban J connectivity index is 1.63. The molecule has 4 rings (SSSR count). The summed E-state index contributed by atoms with van der Waals surface area (Å²) in [5, 5.41) is 8.99. The molecule has 0 N–H and O–H groups in total. The lowest BCUT2D eigenvalue weighted by Crippen LogP contribution is -2.02. The van der Waals surface area contributed by atoms with E-state index in [0.717, 1.165) is 11.3 Å². The molecule has 0 spiro atoms. The minimum atomic E-state index is 0.355. The Kier molecular flexibility index (Phi) is 5.09. The summed E-state index contributed by atoms with van der Waals surface area (Å²) in [6, 6.07) is 9.07. The number of pyridine rings is 1. The Hall–Kier alpha value is -3.52. The van der Waals surface area contributed by atoms with Gasteiger partial charge in [-0.15, -0.1) is 10.2 Å². The van der Waals surface area contributed by atoms with Crippen molar-refractivity contribution in [3.05, 3.63) is 65.3 Å². The Morgan fingerprint density at radius 1 is 0.897 bits per heavy atom. The molecule has 0 amide bonds. The van der Waals surface area contributed by atoms with Gasteiger partial charge in [-0.25, -0.2) is 15.0 Å². The summed E-state index contributed by atoms with van der Waals surface area (Å²) in [5.74, 6) is 2.76. The van der Waals surface area contributed by atoms with Gasteiger partial charge in [0.15, 0.2) is 5.82 Å². The Bertz CT molecular complexity index is 1140. The van der Waals surface area contributed by atoms with Crippen LogP contribution in [0.15, 0.2) is 48.9 Å². The summed E-state index contributed by atoms with van der Waals surface area (Å²) in [5.41, 5.74) is 2.29. The van der Waals surface area contributed by atoms with E-state index in [1.807, 2.05) is 36.6 Å². The molecular weight excluding hydrogens is 392 g/mol. The maximum atomic E-state index is 6.04. The summed E-state index contributed by atoms with van der Waals surface area (Å²) in [4.78, 5) is 13.0. The van der Waals surface area contributed by atoms with E-state index in [-0.39, 0.29) is 0 Å². The van der Waals surface area contributed by atoms with E-state index in [4.69, 9.17) is 21.1 Å². The molecule has 0 bridgehead atoms. The molecular formula is C20H17ClN6O2. The summed E-state index contributed by atoms with van der Waals surface area (Å²) < 4.78 is 12.8. The van der Waals surface area contributed by atoms with Crippen LogP contribution in [0.4, 0.5) is 0 Å². The van der Waals surface area contributed by atoms with Crippen molar-refractivity contribution in [2.45, 2.75) is 13.8 Å². The summed E-state index contributed by atoms with van der Waals surface area (Å²) >= 11 is 6.04. The molecule has 4 aromatic rings. The average Bonchev–Trinajstić information content (AvgIpc) is 3.13. The fraction of sp³-hybridized carbons (Fsp3) is 0.150. The number of ether oxygens (including phenoxy) is 2. The molecule has 0 saturated heterocycles. The predicted molar refractivity (Wildman–Crippen MR) is 108 cm³/mol. The summed E-state index contributed by atoms with van der Waals surface area (Å²) in [6.07, 6.45) is 4.81. The molecule has 0 atom stereocenters. The fourth-order valence-corrected chi connectivity index (χ4v) is 2.91. The van der Waals surface area contributed by atoms with Gasteiger partial charge in [-0.2, -0.15) is 0 Å². The molecule has 0 radical (unpaired) electrons. The maximum Gasteiger partial charge on any atom is 0.237 e. The first-order valence-corrected chi connectivity index (χ1v) is 9.12. The molecule has 0 unspecified atom stereocenters. The van der Waals surface area contributed by atoms with Crippen LogP contribution in [-0.2, 0) is 0 Å². The molecule has 8 nitrogen and oxygen atoms in total. The second-order valence-electron chi connectivity index (χ2n) is 6.22. The fourth-order valence-electron chi connectivity index (χ4n) is 2.74. The van der Waals surface area contributed by atoms with Crippen LogP contribution in [0, 0.1) is 13.8 Å². The molecule has 29 heavy (non-hydrogen) atoms. The zero-order valence-electron chi connectivity index (χ0n) is 16.0. The Morgan fingerprint density at radius 3 is 2.41 bits per heavy atom. The number of hydrogen-bond acceptors (Lipinski definition) is 7. The van der Waals surface area contributed by atoms with Crippen LogP contribution in [-0.4, -0.2) is 36.8 Å². The van der Waals surface area contributed by atoms with E-state index >= 15 is 0 Å². The number of rotatable bonds is 5. The first-order valence-electron chi connectivity index (χ1n) is 8.74. The molecule has 0 saturated carbocycles. The van der Waals surface area contributed by atoms with E-state index in [0.29, 0.717) is 39.9 Å². The number of aryl methyl sites for hydroxylation is 2. The van der Waals surface area contributed by atoms with Gasteiger partial charge in [-0.3, -0.25) is 4.57 Å². The van der Waals surface area contributed by atoms with Crippen LogP contribution >= 0.6 is 11.6 Å². The van der Waals surface area contributed by atoms with Gasteiger partial charge in [0.25, 0.3) is 0 Å². The topological polar surface area (TPSA) is 87.8 Å². The van der Waals surface area contributed by atoms with Gasteiger partial charge in [-0.1, -0.05) is 17.7 Å². The number of methoxy groups -OCH3 is 1. The van der Waals surface area contributed by atoms with E-state index < -0.39 is 0 Å². The predicted octanol–water partition coefficient (Wildman–Crippen LogP) is 4.19. The second kappa shape index (κ2) is 7.84. The molecule has 0 aliphatic carbocycles. The van der Waals surface area contributed by atoms with E-state index in [9.17, 15) is 0 Å². The van der Waals surface area contributed by atoms with Gasteiger partial charge in [-0.05, 0) is 37.6 Å². The highest BCUT2D eigenvalue weighted by Gasteiger charge is 2.15. The number of halogens is 1. The highest BCUT2D eigenvalue weighted by molar-refractivity contribution is 6.30. The monoisotopic (exact) mass is 408 g/mol.